The molecule has 0 aromatic heterocycles. The maximum Gasteiger partial charge on any atom is 0.323 e. The summed E-state index contributed by atoms with van der Waals surface area (Å²) in [7, 11) is 3.07. The Labute approximate surface area is 171 Å². The quantitative estimate of drug-likeness (QED) is 0.802. The SMILES string of the molecule is COc1cccc(NC(=O)Nc2ccc3c(c2)CN(C(=O)C(C)C)CC3)c1OC. The Morgan fingerprint density at radius 3 is 2.52 bits per heavy atom. The lowest BCUT2D eigenvalue weighted by atomic mass is 9.98. The minimum atomic E-state index is -0.387. The number of nitrogens with zero attached hydrogens (tertiary/aromatic N) is 1. The zero-order valence-electron chi connectivity index (χ0n) is 17.2. The summed E-state index contributed by atoms with van der Waals surface area (Å²) >= 11 is 0. The van der Waals surface area contributed by atoms with Gasteiger partial charge in [-0.2, -0.15) is 0 Å². The van der Waals surface area contributed by atoms with Crippen molar-refractivity contribution in [1.29, 1.82) is 0 Å². The van der Waals surface area contributed by atoms with Gasteiger partial charge in [-0.3, -0.25) is 4.79 Å². The number of methoxy groups -OCH3 is 2. The van der Waals surface area contributed by atoms with Crippen molar-refractivity contribution in [2.45, 2.75) is 26.8 Å². The standard InChI is InChI=1S/C22H27N3O4/c1-14(2)21(26)25-11-10-15-8-9-17(12-16(15)13-25)23-22(27)24-18-6-5-7-19(28-3)20(18)29-4/h5-9,12,14H,10-11,13H2,1-4H3,(H2,23,24,27). The topological polar surface area (TPSA) is 79.9 Å². The molecule has 2 aromatic carbocycles. The smallest absolute Gasteiger partial charge is 0.323 e. The van der Waals surface area contributed by atoms with Crippen molar-refractivity contribution in [2.24, 2.45) is 5.92 Å². The minimum Gasteiger partial charge on any atom is -0.493 e. The summed E-state index contributed by atoms with van der Waals surface area (Å²) in [6, 6.07) is 10.7. The number of urea groups is 1. The number of anilines is 2. The van der Waals surface area contributed by atoms with Crippen molar-refractivity contribution in [3.8, 4) is 11.5 Å². The molecule has 0 saturated carbocycles. The van der Waals surface area contributed by atoms with Crippen molar-refractivity contribution < 1.29 is 19.1 Å². The van der Waals surface area contributed by atoms with Gasteiger partial charge in [0.25, 0.3) is 0 Å². The summed E-state index contributed by atoms with van der Waals surface area (Å²) in [4.78, 5) is 26.7. The Bertz CT molecular complexity index is 911. The van der Waals surface area contributed by atoms with E-state index in [1.165, 1.54) is 12.7 Å². The predicted molar refractivity (Wildman–Crippen MR) is 113 cm³/mol. The van der Waals surface area contributed by atoms with Crippen molar-refractivity contribution in [1.82, 2.24) is 4.90 Å². The van der Waals surface area contributed by atoms with E-state index >= 15 is 0 Å². The van der Waals surface area contributed by atoms with Crippen LogP contribution in [-0.2, 0) is 17.8 Å². The number of hydrogen-bond donors (Lipinski definition) is 2. The largest absolute Gasteiger partial charge is 0.493 e. The molecule has 7 heteroatoms. The third-order valence-electron chi connectivity index (χ3n) is 4.93. The summed E-state index contributed by atoms with van der Waals surface area (Å²) in [5.41, 5.74) is 3.44. The summed E-state index contributed by atoms with van der Waals surface area (Å²) < 4.78 is 10.6. The van der Waals surface area contributed by atoms with Gasteiger partial charge in [-0.1, -0.05) is 26.0 Å². The second-order valence-corrected chi connectivity index (χ2v) is 7.27. The van der Waals surface area contributed by atoms with Gasteiger partial charge >= 0.3 is 6.03 Å². The van der Waals surface area contributed by atoms with Crippen LogP contribution in [0.2, 0.25) is 0 Å². The van der Waals surface area contributed by atoms with Crippen LogP contribution in [0.1, 0.15) is 25.0 Å². The molecule has 0 saturated heterocycles. The van der Waals surface area contributed by atoms with E-state index in [2.05, 4.69) is 10.6 Å². The van der Waals surface area contributed by atoms with E-state index in [4.69, 9.17) is 9.47 Å². The van der Waals surface area contributed by atoms with Gasteiger partial charge in [0.15, 0.2) is 11.5 Å². The van der Waals surface area contributed by atoms with Crippen molar-refractivity contribution in [3.05, 3.63) is 47.5 Å². The van der Waals surface area contributed by atoms with Gasteiger partial charge in [0.05, 0.1) is 19.9 Å². The average molecular weight is 397 g/mol. The molecule has 0 atom stereocenters. The van der Waals surface area contributed by atoms with Crippen LogP contribution in [0.25, 0.3) is 0 Å². The van der Waals surface area contributed by atoms with E-state index in [1.54, 1.807) is 25.3 Å². The molecule has 2 N–H and O–H groups in total. The van der Waals surface area contributed by atoms with Crippen molar-refractivity contribution in [2.75, 3.05) is 31.4 Å². The first-order chi connectivity index (χ1) is 13.9. The molecule has 1 aliphatic rings. The first kappa shape index (κ1) is 20.5. The number of rotatable bonds is 5. The molecule has 0 aliphatic carbocycles. The first-order valence-corrected chi connectivity index (χ1v) is 9.62. The fourth-order valence-corrected chi connectivity index (χ4v) is 3.46. The summed E-state index contributed by atoms with van der Waals surface area (Å²) in [6.45, 7) is 5.11. The highest BCUT2D eigenvalue weighted by molar-refractivity contribution is 6.01. The molecule has 0 unspecified atom stereocenters. The molecule has 0 radical (unpaired) electrons. The molecule has 0 fully saturated rings. The van der Waals surface area contributed by atoms with Crippen molar-refractivity contribution >= 4 is 23.3 Å². The van der Waals surface area contributed by atoms with Gasteiger partial charge in [-0.25, -0.2) is 4.79 Å². The van der Waals surface area contributed by atoms with Gasteiger partial charge in [0, 0.05) is 24.7 Å². The minimum absolute atomic E-state index is 0.0264. The van der Waals surface area contributed by atoms with E-state index in [0.29, 0.717) is 29.4 Å². The molecule has 3 amide bonds. The summed E-state index contributed by atoms with van der Waals surface area (Å²) in [6.07, 6.45) is 0.821. The Kier molecular flexibility index (Phi) is 6.26. The molecule has 1 aliphatic heterocycles. The fraction of sp³-hybridized carbons (Fsp3) is 0.364. The van der Waals surface area contributed by atoms with Crippen LogP contribution >= 0.6 is 0 Å². The van der Waals surface area contributed by atoms with E-state index in [0.717, 1.165) is 18.5 Å². The summed E-state index contributed by atoms with van der Waals surface area (Å²) in [5, 5.41) is 5.63. The lowest BCUT2D eigenvalue weighted by Crippen LogP contribution is -2.38. The Morgan fingerprint density at radius 2 is 1.83 bits per heavy atom. The summed E-state index contributed by atoms with van der Waals surface area (Å²) in [5.74, 6) is 1.12. The predicted octanol–water partition coefficient (Wildman–Crippen LogP) is 3.89. The number of benzene rings is 2. The van der Waals surface area contributed by atoms with Crippen molar-refractivity contribution in [3.63, 3.8) is 0 Å². The highest BCUT2D eigenvalue weighted by Crippen LogP contribution is 2.34. The lowest BCUT2D eigenvalue weighted by molar-refractivity contribution is -0.135. The van der Waals surface area contributed by atoms with Crippen LogP contribution in [0.4, 0.5) is 16.2 Å². The Balaban J connectivity index is 1.71. The molecule has 1 heterocycles. The van der Waals surface area contributed by atoms with Gasteiger partial charge in [-0.15, -0.1) is 0 Å². The molecule has 3 rings (SSSR count). The average Bonchev–Trinajstić information content (AvgIpc) is 2.72. The number of hydrogen-bond acceptors (Lipinski definition) is 4. The van der Waals surface area contributed by atoms with E-state index in [1.807, 2.05) is 36.9 Å². The number of ether oxygens (including phenoxy) is 2. The number of para-hydroxylation sites is 1. The molecule has 0 bridgehead atoms. The zero-order chi connectivity index (χ0) is 21.0. The van der Waals surface area contributed by atoms with Crippen LogP contribution in [0.15, 0.2) is 36.4 Å². The fourth-order valence-electron chi connectivity index (χ4n) is 3.46. The second-order valence-electron chi connectivity index (χ2n) is 7.27. The lowest BCUT2D eigenvalue weighted by Gasteiger charge is -2.30. The number of nitrogens with one attached hydrogen (secondary N) is 2. The second kappa shape index (κ2) is 8.86. The number of carbonyl (C=O) groups is 2. The van der Waals surface area contributed by atoms with Gasteiger partial charge in [0.1, 0.15) is 0 Å². The van der Waals surface area contributed by atoms with E-state index < -0.39 is 0 Å². The van der Waals surface area contributed by atoms with Gasteiger partial charge < -0.3 is 25.0 Å². The van der Waals surface area contributed by atoms with Gasteiger partial charge in [0.2, 0.25) is 5.91 Å². The molecule has 154 valence electrons. The van der Waals surface area contributed by atoms with Gasteiger partial charge in [-0.05, 0) is 41.8 Å². The highest BCUT2D eigenvalue weighted by Gasteiger charge is 2.23. The van der Waals surface area contributed by atoms with E-state index in [9.17, 15) is 9.59 Å². The normalized spacial score (nSPS) is 12.9. The third-order valence-corrected chi connectivity index (χ3v) is 4.93. The molecule has 29 heavy (non-hydrogen) atoms. The third kappa shape index (κ3) is 4.62. The van der Waals surface area contributed by atoms with Crippen LogP contribution in [0.3, 0.4) is 0 Å². The first-order valence-electron chi connectivity index (χ1n) is 9.62. The molecule has 7 nitrogen and oxygen atoms in total. The molecular formula is C22H27N3O4. The molecular weight excluding hydrogens is 370 g/mol. The van der Waals surface area contributed by atoms with Crippen LogP contribution in [0.5, 0.6) is 11.5 Å². The number of fused-ring (bicyclic) bond motifs is 1. The van der Waals surface area contributed by atoms with E-state index in [-0.39, 0.29) is 17.9 Å². The maximum absolute atomic E-state index is 12.5. The Hall–Kier alpha value is -3.22. The molecule has 0 spiro atoms. The Morgan fingerprint density at radius 1 is 1.03 bits per heavy atom. The maximum atomic E-state index is 12.5. The van der Waals surface area contributed by atoms with Crippen LogP contribution < -0.4 is 20.1 Å². The number of amides is 3. The van der Waals surface area contributed by atoms with Crippen LogP contribution in [-0.4, -0.2) is 37.6 Å². The monoisotopic (exact) mass is 397 g/mol. The highest BCUT2D eigenvalue weighted by atomic mass is 16.5. The zero-order valence-corrected chi connectivity index (χ0v) is 17.2. The molecule has 2 aromatic rings. The number of carbonyl (C=O) groups excluding carboxylic acids is 2. The van der Waals surface area contributed by atoms with Crippen LogP contribution in [0, 0.1) is 5.92 Å².